The first kappa shape index (κ1) is 15.9. The lowest BCUT2D eigenvalue weighted by Crippen LogP contribution is -2.26. The first-order valence-electron chi connectivity index (χ1n) is 6.90. The molecule has 0 saturated carbocycles. The van der Waals surface area contributed by atoms with Crippen LogP contribution in [0.4, 0.5) is 4.39 Å². The van der Waals surface area contributed by atoms with Gasteiger partial charge < -0.3 is 5.11 Å². The molecule has 114 valence electrons. The normalized spacial score (nSPS) is 11.3. The number of aromatic nitrogens is 2. The second kappa shape index (κ2) is 7.02. The molecular formula is C15H19ClFN3O. The van der Waals surface area contributed by atoms with E-state index in [9.17, 15) is 4.39 Å². The molecular weight excluding hydrogens is 293 g/mol. The maximum Gasteiger partial charge on any atom is 0.137 e. The molecule has 4 nitrogen and oxygen atoms in total. The average Bonchev–Trinajstić information content (AvgIpc) is 2.75. The molecule has 1 heterocycles. The summed E-state index contributed by atoms with van der Waals surface area (Å²) in [7, 11) is 0. The Morgan fingerprint density at radius 1 is 1.33 bits per heavy atom. The summed E-state index contributed by atoms with van der Waals surface area (Å²) in [5, 5.41) is 14.0. The number of aliphatic hydroxyl groups is 1. The highest BCUT2D eigenvalue weighted by Gasteiger charge is 2.16. The lowest BCUT2D eigenvalue weighted by molar-refractivity contribution is 0.196. The van der Waals surface area contributed by atoms with Gasteiger partial charge in [-0.05, 0) is 37.7 Å². The molecule has 1 aromatic carbocycles. The average molecular weight is 312 g/mol. The van der Waals surface area contributed by atoms with Crippen molar-refractivity contribution in [3.63, 3.8) is 0 Å². The van der Waals surface area contributed by atoms with Gasteiger partial charge in [0.25, 0.3) is 0 Å². The lowest BCUT2D eigenvalue weighted by atomic mass is 10.2. The van der Waals surface area contributed by atoms with E-state index >= 15 is 0 Å². The third kappa shape index (κ3) is 3.61. The van der Waals surface area contributed by atoms with Crippen molar-refractivity contribution in [1.82, 2.24) is 14.7 Å². The van der Waals surface area contributed by atoms with E-state index in [-0.39, 0.29) is 12.4 Å². The van der Waals surface area contributed by atoms with Gasteiger partial charge in [-0.15, -0.1) is 0 Å². The van der Waals surface area contributed by atoms with Gasteiger partial charge in [-0.2, -0.15) is 5.10 Å². The van der Waals surface area contributed by atoms with Crippen LogP contribution in [0.15, 0.2) is 24.3 Å². The van der Waals surface area contributed by atoms with Crippen molar-refractivity contribution in [1.29, 1.82) is 0 Å². The number of hydrogen-bond acceptors (Lipinski definition) is 3. The van der Waals surface area contributed by atoms with Gasteiger partial charge in [-0.25, -0.2) is 9.07 Å². The number of aryl methyl sites for hydroxylation is 1. The van der Waals surface area contributed by atoms with Gasteiger partial charge in [-0.1, -0.05) is 18.5 Å². The van der Waals surface area contributed by atoms with Gasteiger partial charge in [0, 0.05) is 18.7 Å². The van der Waals surface area contributed by atoms with E-state index < -0.39 is 0 Å². The summed E-state index contributed by atoms with van der Waals surface area (Å²) < 4.78 is 14.6. The van der Waals surface area contributed by atoms with Crippen molar-refractivity contribution in [3.8, 4) is 5.69 Å². The van der Waals surface area contributed by atoms with E-state index in [2.05, 4.69) is 10.00 Å². The van der Waals surface area contributed by atoms with Crippen molar-refractivity contribution in [2.45, 2.75) is 20.4 Å². The summed E-state index contributed by atoms with van der Waals surface area (Å²) in [4.78, 5) is 2.09. The molecule has 0 fully saturated rings. The molecule has 21 heavy (non-hydrogen) atoms. The highest BCUT2D eigenvalue weighted by molar-refractivity contribution is 6.30. The number of halogens is 2. The van der Waals surface area contributed by atoms with Crippen LogP contribution in [0.2, 0.25) is 5.15 Å². The number of aliphatic hydroxyl groups excluding tert-OH is 1. The molecule has 0 saturated heterocycles. The molecule has 0 aliphatic heterocycles. The lowest BCUT2D eigenvalue weighted by Gasteiger charge is -2.18. The zero-order valence-electron chi connectivity index (χ0n) is 12.2. The van der Waals surface area contributed by atoms with Crippen molar-refractivity contribution in [3.05, 3.63) is 46.5 Å². The molecule has 0 atom stereocenters. The van der Waals surface area contributed by atoms with Crippen LogP contribution in [0.3, 0.4) is 0 Å². The fourth-order valence-corrected chi connectivity index (χ4v) is 2.51. The van der Waals surface area contributed by atoms with Gasteiger partial charge in [0.05, 0.1) is 18.0 Å². The molecule has 0 amide bonds. The summed E-state index contributed by atoms with van der Waals surface area (Å²) in [6.07, 6.45) is 0. The zero-order valence-corrected chi connectivity index (χ0v) is 12.9. The molecule has 2 aromatic rings. The monoisotopic (exact) mass is 311 g/mol. The molecule has 2 rings (SSSR count). The quantitative estimate of drug-likeness (QED) is 0.892. The van der Waals surface area contributed by atoms with E-state index in [0.717, 1.165) is 23.5 Å². The first-order chi connectivity index (χ1) is 10.1. The minimum absolute atomic E-state index is 0.108. The summed E-state index contributed by atoms with van der Waals surface area (Å²) in [6, 6.07) is 6.05. The van der Waals surface area contributed by atoms with Crippen molar-refractivity contribution >= 4 is 11.6 Å². The summed E-state index contributed by atoms with van der Waals surface area (Å²) in [5.41, 5.74) is 2.48. The fraction of sp³-hybridized carbons (Fsp3) is 0.400. The number of hydrogen-bond donors (Lipinski definition) is 1. The highest BCUT2D eigenvalue weighted by Crippen LogP contribution is 2.24. The Kier molecular flexibility index (Phi) is 5.33. The summed E-state index contributed by atoms with van der Waals surface area (Å²) in [6.45, 7) is 6.07. The number of rotatable bonds is 6. The predicted octanol–water partition coefficient (Wildman–Crippen LogP) is 2.79. The summed E-state index contributed by atoms with van der Waals surface area (Å²) in [5.74, 6) is -0.293. The number of benzene rings is 1. The van der Waals surface area contributed by atoms with E-state index in [4.69, 9.17) is 16.7 Å². The van der Waals surface area contributed by atoms with Gasteiger partial charge in [0.15, 0.2) is 0 Å². The van der Waals surface area contributed by atoms with Crippen LogP contribution in [0.25, 0.3) is 5.69 Å². The molecule has 0 spiro atoms. The Bertz CT molecular complexity index is 598. The highest BCUT2D eigenvalue weighted by atomic mass is 35.5. The minimum Gasteiger partial charge on any atom is -0.395 e. The van der Waals surface area contributed by atoms with Crippen LogP contribution >= 0.6 is 11.6 Å². The Morgan fingerprint density at radius 3 is 2.57 bits per heavy atom. The zero-order chi connectivity index (χ0) is 15.4. The third-order valence-corrected chi connectivity index (χ3v) is 3.83. The molecule has 0 bridgehead atoms. The molecule has 0 aliphatic rings. The van der Waals surface area contributed by atoms with E-state index in [0.29, 0.717) is 18.2 Å². The van der Waals surface area contributed by atoms with Crippen LogP contribution < -0.4 is 0 Å². The van der Waals surface area contributed by atoms with Gasteiger partial charge in [0.1, 0.15) is 11.0 Å². The maximum atomic E-state index is 13.0. The molecule has 1 N–H and O–H groups in total. The smallest absolute Gasteiger partial charge is 0.137 e. The Balaban J connectivity index is 2.30. The maximum absolute atomic E-state index is 13.0. The Labute approximate surface area is 128 Å². The minimum atomic E-state index is -0.293. The topological polar surface area (TPSA) is 41.3 Å². The van der Waals surface area contributed by atoms with Crippen LogP contribution in [0.1, 0.15) is 18.2 Å². The first-order valence-corrected chi connectivity index (χ1v) is 7.27. The fourth-order valence-electron chi connectivity index (χ4n) is 2.18. The molecule has 1 aromatic heterocycles. The Morgan fingerprint density at radius 2 is 2.00 bits per heavy atom. The Hall–Kier alpha value is -1.43. The van der Waals surface area contributed by atoms with Gasteiger partial charge in [0.2, 0.25) is 0 Å². The van der Waals surface area contributed by atoms with E-state index in [1.807, 2.05) is 13.8 Å². The second-order valence-electron chi connectivity index (χ2n) is 4.84. The number of nitrogens with zero attached hydrogens (tertiary/aromatic N) is 3. The molecule has 0 radical (unpaired) electrons. The van der Waals surface area contributed by atoms with Crippen LogP contribution in [0.5, 0.6) is 0 Å². The SMILES string of the molecule is CCN(CCO)Cc1c(C)nn(-c2ccc(F)cc2)c1Cl. The van der Waals surface area contributed by atoms with E-state index in [1.54, 1.807) is 16.8 Å². The molecule has 0 aliphatic carbocycles. The second-order valence-corrected chi connectivity index (χ2v) is 5.19. The molecule has 6 heteroatoms. The van der Waals surface area contributed by atoms with Crippen molar-refractivity contribution < 1.29 is 9.50 Å². The summed E-state index contributed by atoms with van der Waals surface area (Å²) >= 11 is 6.42. The van der Waals surface area contributed by atoms with Gasteiger partial charge >= 0.3 is 0 Å². The largest absolute Gasteiger partial charge is 0.395 e. The molecule has 0 unspecified atom stereocenters. The van der Waals surface area contributed by atoms with E-state index in [1.165, 1.54) is 12.1 Å². The third-order valence-electron chi connectivity index (χ3n) is 3.44. The van der Waals surface area contributed by atoms with Crippen LogP contribution in [-0.2, 0) is 6.54 Å². The predicted molar refractivity (Wildman–Crippen MR) is 81.3 cm³/mol. The van der Waals surface area contributed by atoms with Crippen LogP contribution in [-0.4, -0.2) is 39.5 Å². The van der Waals surface area contributed by atoms with Gasteiger partial charge in [-0.3, -0.25) is 4.90 Å². The van der Waals surface area contributed by atoms with Crippen molar-refractivity contribution in [2.24, 2.45) is 0 Å². The number of likely N-dealkylation sites (N-methyl/N-ethyl adjacent to an activating group) is 1. The standard InChI is InChI=1S/C15H19ClFN3O/c1-3-19(8-9-21)10-14-11(2)18-20(15(14)16)13-6-4-12(17)5-7-13/h4-7,21H,3,8-10H2,1-2H3. The van der Waals surface area contributed by atoms with Crippen LogP contribution in [0, 0.1) is 12.7 Å². The van der Waals surface area contributed by atoms with Crippen molar-refractivity contribution in [2.75, 3.05) is 19.7 Å².